The van der Waals surface area contributed by atoms with Crippen molar-refractivity contribution >= 4 is 0 Å². The number of hydrogen-bond acceptors (Lipinski definition) is 0. The first-order valence-electron chi connectivity index (χ1n) is 28.1. The largest absolute Gasteiger partial charge is 0.0617 e. The van der Waals surface area contributed by atoms with Gasteiger partial charge in [-0.3, -0.25) is 0 Å². The van der Waals surface area contributed by atoms with E-state index in [0.717, 1.165) is 38.5 Å². The summed E-state index contributed by atoms with van der Waals surface area (Å²) in [5.41, 5.74) is 32.9. The number of rotatable bonds is 12. The summed E-state index contributed by atoms with van der Waals surface area (Å²) in [7, 11) is 0. The summed E-state index contributed by atoms with van der Waals surface area (Å²) in [5, 5.41) is 0. The fraction of sp³-hybridized carbons (Fsp3) is 0.231. The molecule has 10 aromatic carbocycles. The van der Waals surface area contributed by atoms with Crippen LogP contribution in [0, 0.1) is 83.1 Å². The van der Waals surface area contributed by atoms with E-state index in [9.17, 15) is 0 Å². The van der Waals surface area contributed by atoms with Gasteiger partial charge in [-0.05, 0) is 233 Å². The van der Waals surface area contributed by atoms with Gasteiger partial charge in [0, 0.05) is 0 Å². The Bertz CT molecular complexity index is 3460. The molecule has 396 valence electrons. The summed E-state index contributed by atoms with van der Waals surface area (Å²) in [4.78, 5) is 0. The van der Waals surface area contributed by atoms with Crippen LogP contribution in [0.15, 0.2) is 218 Å². The second-order valence-electron chi connectivity index (χ2n) is 22.3. The van der Waals surface area contributed by atoms with Gasteiger partial charge in [0.15, 0.2) is 0 Å². The van der Waals surface area contributed by atoms with E-state index < -0.39 is 0 Å². The summed E-state index contributed by atoms with van der Waals surface area (Å²) < 4.78 is 0. The minimum atomic E-state index is 1.00. The Labute approximate surface area is 471 Å². The van der Waals surface area contributed by atoms with Crippen molar-refractivity contribution in [1.82, 2.24) is 0 Å². The van der Waals surface area contributed by atoms with Gasteiger partial charge in [-0.15, -0.1) is 0 Å². The third kappa shape index (κ3) is 18.5. The highest BCUT2D eigenvalue weighted by Gasteiger charge is 2.05. The summed E-state index contributed by atoms with van der Waals surface area (Å²) in [6, 6.07) is 80.0. The average Bonchev–Trinajstić information content (AvgIpc) is 3.42. The van der Waals surface area contributed by atoms with Gasteiger partial charge in [-0.2, -0.15) is 0 Å². The van der Waals surface area contributed by atoms with Gasteiger partial charge < -0.3 is 0 Å². The van der Waals surface area contributed by atoms with E-state index in [1.165, 1.54) is 134 Å². The maximum Gasteiger partial charge on any atom is -0.00230 e. The first-order chi connectivity index (χ1) is 37.5. The molecular weight excluding hydrogens is 937 g/mol. The molecule has 0 saturated heterocycles. The van der Waals surface area contributed by atoms with Crippen molar-refractivity contribution in [2.45, 2.75) is 122 Å². The van der Waals surface area contributed by atoms with E-state index in [4.69, 9.17) is 0 Å². The Morgan fingerprint density at radius 1 is 0.179 bits per heavy atom. The SMILES string of the molecule is Cc1ccc(Cc2ccc(C)c(C)c2)cc1.Cc1ccc(Cc2ccc(Cc3ccc(C)c(C)c3)cc2)cc1.Cc1ccc(Cc2cccc(C)c2C)cc1.Cc1cccc(Cc2ccc(Cc3ccc(C)c(C)c3)cc2)c1. The van der Waals surface area contributed by atoms with Crippen molar-refractivity contribution in [3.05, 3.63) is 352 Å². The van der Waals surface area contributed by atoms with Gasteiger partial charge >= 0.3 is 0 Å². The van der Waals surface area contributed by atoms with Crippen molar-refractivity contribution in [3.8, 4) is 0 Å². The molecule has 78 heavy (non-hydrogen) atoms. The summed E-state index contributed by atoms with van der Waals surface area (Å²) >= 11 is 0. The summed E-state index contributed by atoms with van der Waals surface area (Å²) in [6.45, 7) is 25.9. The molecule has 0 fully saturated rings. The predicted octanol–water partition coefficient (Wildman–Crippen LogP) is 20.0. The Kier molecular flexibility index (Phi) is 21.2. The highest BCUT2D eigenvalue weighted by Crippen LogP contribution is 2.21. The van der Waals surface area contributed by atoms with Gasteiger partial charge in [0.05, 0.1) is 0 Å². The van der Waals surface area contributed by atoms with Crippen LogP contribution in [0.4, 0.5) is 0 Å². The summed E-state index contributed by atoms with van der Waals surface area (Å²) in [6.07, 6.45) is 6.09. The van der Waals surface area contributed by atoms with Crippen LogP contribution in [-0.2, 0) is 38.5 Å². The van der Waals surface area contributed by atoms with Crippen LogP contribution in [-0.4, -0.2) is 0 Å². The van der Waals surface area contributed by atoms with Crippen LogP contribution in [0.2, 0.25) is 0 Å². The molecule has 0 aliphatic heterocycles. The van der Waals surface area contributed by atoms with E-state index in [-0.39, 0.29) is 0 Å². The standard InChI is InChI=1S/2C23H24.2C16H18/c1-17-4-7-20(8-5-17)15-21-10-12-22(13-11-21)16-23-9-6-18(2)19(3)14-23;1-17-5-4-6-22(13-17)15-20-9-11-21(12-10-20)16-23-8-7-18(2)19(3)14-23;1-12-4-7-15(8-5-12)11-16-9-6-13(2)14(3)10-16;1-12-7-9-15(10-8-12)11-16-6-4-5-13(2)14(16)3/h2*4-14H,15-16H2,1-3H3;2*4-10H,11H2,1-3H3. The van der Waals surface area contributed by atoms with Crippen LogP contribution in [0.1, 0.15) is 134 Å². The maximum atomic E-state index is 2.30. The second-order valence-corrected chi connectivity index (χ2v) is 22.3. The molecule has 0 nitrogen and oxygen atoms in total. The molecule has 0 spiro atoms. The van der Waals surface area contributed by atoms with Crippen molar-refractivity contribution in [3.63, 3.8) is 0 Å². The van der Waals surface area contributed by atoms with E-state index in [2.05, 4.69) is 301 Å². The van der Waals surface area contributed by atoms with E-state index >= 15 is 0 Å². The first-order valence-corrected chi connectivity index (χ1v) is 28.1. The molecule has 0 unspecified atom stereocenters. The third-order valence-electron chi connectivity index (χ3n) is 15.4. The van der Waals surface area contributed by atoms with E-state index in [1.54, 1.807) is 0 Å². The molecule has 0 bridgehead atoms. The molecular formula is C78H84. The molecule has 0 saturated carbocycles. The lowest BCUT2D eigenvalue weighted by Gasteiger charge is -2.08. The van der Waals surface area contributed by atoms with Gasteiger partial charge in [0.2, 0.25) is 0 Å². The lowest BCUT2D eigenvalue weighted by Crippen LogP contribution is -1.93. The molecule has 0 aliphatic carbocycles. The molecule has 10 aromatic rings. The van der Waals surface area contributed by atoms with Crippen molar-refractivity contribution in [2.24, 2.45) is 0 Å². The zero-order chi connectivity index (χ0) is 55.6. The Balaban J connectivity index is 0.000000153. The fourth-order valence-electron chi connectivity index (χ4n) is 9.63. The zero-order valence-electron chi connectivity index (χ0n) is 49.0. The minimum absolute atomic E-state index is 1.00. The van der Waals surface area contributed by atoms with Gasteiger partial charge in [-0.25, -0.2) is 0 Å². The van der Waals surface area contributed by atoms with Crippen molar-refractivity contribution in [2.75, 3.05) is 0 Å². The maximum absolute atomic E-state index is 2.30. The van der Waals surface area contributed by atoms with Crippen LogP contribution in [0.25, 0.3) is 0 Å². The molecule has 0 amide bonds. The smallest absolute Gasteiger partial charge is 0.00230 e. The highest BCUT2D eigenvalue weighted by molar-refractivity contribution is 5.40. The Morgan fingerprint density at radius 3 is 0.769 bits per heavy atom. The lowest BCUT2D eigenvalue weighted by atomic mass is 9.97. The van der Waals surface area contributed by atoms with E-state index in [0.29, 0.717) is 0 Å². The third-order valence-corrected chi connectivity index (χ3v) is 15.4. The number of hydrogen-bond donors (Lipinski definition) is 0. The van der Waals surface area contributed by atoms with Crippen LogP contribution in [0.3, 0.4) is 0 Å². The zero-order valence-corrected chi connectivity index (χ0v) is 49.0. The number of aryl methyl sites for hydroxylation is 11. The number of benzene rings is 10. The van der Waals surface area contributed by atoms with E-state index in [1.807, 2.05) is 0 Å². The van der Waals surface area contributed by atoms with Gasteiger partial charge in [0.25, 0.3) is 0 Å². The van der Waals surface area contributed by atoms with Crippen LogP contribution < -0.4 is 0 Å². The van der Waals surface area contributed by atoms with Crippen molar-refractivity contribution < 1.29 is 0 Å². The topological polar surface area (TPSA) is 0 Å². The van der Waals surface area contributed by atoms with Crippen LogP contribution >= 0.6 is 0 Å². The molecule has 0 radical (unpaired) electrons. The second kappa shape index (κ2) is 28.5. The lowest BCUT2D eigenvalue weighted by molar-refractivity contribution is 1.13. The molecule has 0 atom stereocenters. The normalized spacial score (nSPS) is 10.6. The molecule has 0 N–H and O–H groups in total. The quantitative estimate of drug-likeness (QED) is 0.114. The first kappa shape index (κ1) is 57.9. The fourth-order valence-corrected chi connectivity index (χ4v) is 9.63. The van der Waals surface area contributed by atoms with Crippen molar-refractivity contribution in [1.29, 1.82) is 0 Å². The monoisotopic (exact) mass is 1020 g/mol. The molecule has 0 heterocycles. The highest BCUT2D eigenvalue weighted by atomic mass is 14.1. The minimum Gasteiger partial charge on any atom is -0.0617 e. The molecule has 0 aliphatic rings. The average molecular weight is 1020 g/mol. The predicted molar refractivity (Wildman–Crippen MR) is 338 cm³/mol. The molecule has 0 aromatic heterocycles. The van der Waals surface area contributed by atoms with Gasteiger partial charge in [0.1, 0.15) is 0 Å². The Morgan fingerprint density at radius 2 is 0.449 bits per heavy atom. The summed E-state index contributed by atoms with van der Waals surface area (Å²) in [5.74, 6) is 0. The van der Waals surface area contributed by atoms with Crippen LogP contribution in [0.5, 0.6) is 0 Å². The van der Waals surface area contributed by atoms with Gasteiger partial charge in [-0.1, -0.05) is 241 Å². The molecule has 10 rings (SSSR count). The molecule has 0 heteroatoms. The Hall–Kier alpha value is -7.80.